The van der Waals surface area contributed by atoms with Crippen molar-refractivity contribution >= 4 is 23.8 Å². The molecule has 0 heterocycles. The van der Waals surface area contributed by atoms with Crippen LogP contribution in [0.15, 0.2) is 48.5 Å². The molecule has 15 heteroatoms. The van der Waals surface area contributed by atoms with Crippen LogP contribution in [0.25, 0.3) is 11.1 Å². The summed E-state index contributed by atoms with van der Waals surface area (Å²) in [6, 6.07) is 16.4. The molecule has 0 fully saturated rings. The maximum absolute atomic E-state index is 12.2. The maximum Gasteiger partial charge on any atom is 0.407 e. The molecule has 282 valence electrons. The molecule has 0 aromatic heterocycles. The van der Waals surface area contributed by atoms with Gasteiger partial charge in [-0.1, -0.05) is 48.5 Å². The third kappa shape index (κ3) is 17.2. The molecular weight excluding hydrogens is 670 g/mol. The van der Waals surface area contributed by atoms with Crippen molar-refractivity contribution in [2.75, 3.05) is 112 Å². The summed E-state index contributed by atoms with van der Waals surface area (Å²) in [4.78, 5) is 44.9. The van der Waals surface area contributed by atoms with Crippen LogP contribution in [0, 0.1) is 0 Å². The Labute approximate surface area is 297 Å². The van der Waals surface area contributed by atoms with Gasteiger partial charge in [0.2, 0.25) is 5.78 Å². The van der Waals surface area contributed by atoms with Gasteiger partial charge in [-0.2, -0.15) is 0 Å². The van der Waals surface area contributed by atoms with E-state index < -0.39 is 30.2 Å². The number of ketones is 1. The number of Topliss-reactive ketones (excluding diaryl/α,β-unsaturated/α-hetero) is 1. The first-order valence-corrected chi connectivity index (χ1v) is 17.0. The van der Waals surface area contributed by atoms with E-state index in [0.29, 0.717) is 92.4 Å². The summed E-state index contributed by atoms with van der Waals surface area (Å²) in [5.74, 6) is -3.23. The van der Waals surface area contributed by atoms with Gasteiger partial charge in [0.1, 0.15) is 13.2 Å². The van der Waals surface area contributed by atoms with Gasteiger partial charge in [-0.3, -0.25) is 9.59 Å². The highest BCUT2D eigenvalue weighted by Gasteiger charge is 2.29. The molecule has 2 aromatic rings. The molecule has 0 radical (unpaired) electrons. The van der Waals surface area contributed by atoms with Gasteiger partial charge < -0.3 is 53.1 Å². The molecule has 0 saturated carbocycles. The lowest BCUT2D eigenvalue weighted by Gasteiger charge is -2.14. The summed E-state index contributed by atoms with van der Waals surface area (Å²) < 4.78 is 48.3. The van der Waals surface area contributed by atoms with Crippen molar-refractivity contribution in [1.29, 1.82) is 0 Å². The summed E-state index contributed by atoms with van der Waals surface area (Å²) in [6.45, 7) is 6.00. The largest absolute Gasteiger partial charge is 0.476 e. The van der Waals surface area contributed by atoms with E-state index in [1.165, 1.54) is 22.3 Å². The summed E-state index contributed by atoms with van der Waals surface area (Å²) in [7, 11) is 0. The van der Waals surface area contributed by atoms with Crippen LogP contribution < -0.4 is 5.32 Å². The molecule has 2 aromatic carbocycles. The zero-order valence-corrected chi connectivity index (χ0v) is 28.9. The fraction of sp³-hybridized carbons (Fsp3) is 0.556. The van der Waals surface area contributed by atoms with Crippen LogP contribution in [0.2, 0.25) is 0 Å². The van der Waals surface area contributed by atoms with Gasteiger partial charge in [-0.25, -0.2) is 9.59 Å². The van der Waals surface area contributed by atoms with E-state index in [4.69, 9.17) is 47.7 Å². The van der Waals surface area contributed by atoms with Crippen molar-refractivity contribution in [3.8, 4) is 11.1 Å². The van der Waals surface area contributed by atoms with E-state index >= 15 is 0 Å². The lowest BCUT2D eigenvalue weighted by molar-refractivity contribution is -0.151. The van der Waals surface area contributed by atoms with Gasteiger partial charge >= 0.3 is 18.0 Å². The molecule has 0 unspecified atom stereocenters. The molecule has 0 spiro atoms. The number of nitrogens with one attached hydrogen (secondary N) is 1. The first-order valence-electron chi connectivity index (χ1n) is 17.0. The number of hydrogen-bond acceptors (Lipinski definition) is 13. The average Bonchev–Trinajstić information content (AvgIpc) is 3.46. The van der Waals surface area contributed by atoms with Gasteiger partial charge in [-0.15, -0.1) is 0 Å². The summed E-state index contributed by atoms with van der Waals surface area (Å²) in [6.07, 6.45) is -1.14. The Bertz CT molecular complexity index is 1280. The minimum absolute atomic E-state index is 0.00743. The Morgan fingerprint density at radius 3 is 1.39 bits per heavy atom. The number of fused-ring (bicyclic) bond motifs is 3. The predicted octanol–water partition coefficient (Wildman–Crippen LogP) is 2.62. The number of ether oxygens (including phenoxy) is 9. The second-order valence-corrected chi connectivity index (χ2v) is 11.0. The van der Waals surface area contributed by atoms with Crippen molar-refractivity contribution in [2.24, 2.45) is 0 Å². The topological polar surface area (TPSA) is 184 Å². The molecule has 15 nitrogen and oxygen atoms in total. The normalized spacial score (nSPS) is 11.9. The first-order chi connectivity index (χ1) is 25.0. The summed E-state index contributed by atoms with van der Waals surface area (Å²) >= 11 is 0. The quantitative estimate of drug-likeness (QED) is 0.0683. The maximum atomic E-state index is 12.2. The smallest absolute Gasteiger partial charge is 0.407 e. The van der Waals surface area contributed by atoms with Crippen LogP contribution in [0.1, 0.15) is 29.9 Å². The Morgan fingerprint density at radius 2 is 0.941 bits per heavy atom. The van der Waals surface area contributed by atoms with Crippen LogP contribution in [-0.2, 0) is 57.0 Å². The highest BCUT2D eigenvalue weighted by atomic mass is 16.6. The second kappa shape index (κ2) is 25.9. The molecule has 51 heavy (non-hydrogen) atoms. The van der Waals surface area contributed by atoms with Crippen LogP contribution in [0.3, 0.4) is 0 Å². The molecular formula is C36H49NO14. The molecule has 3 rings (SSSR count). The van der Waals surface area contributed by atoms with Gasteiger partial charge in [-0.05, 0) is 22.3 Å². The number of alkyl carbamates (subject to hydrolysis) is 1. The van der Waals surface area contributed by atoms with E-state index in [-0.39, 0.29) is 32.2 Å². The van der Waals surface area contributed by atoms with Crippen molar-refractivity contribution in [1.82, 2.24) is 5.32 Å². The van der Waals surface area contributed by atoms with Gasteiger partial charge in [0, 0.05) is 18.9 Å². The first kappa shape index (κ1) is 41.5. The Hall–Kier alpha value is -3.96. The third-order valence-corrected chi connectivity index (χ3v) is 7.38. The monoisotopic (exact) mass is 719 g/mol. The van der Waals surface area contributed by atoms with E-state index in [1.54, 1.807) is 0 Å². The predicted molar refractivity (Wildman–Crippen MR) is 182 cm³/mol. The number of benzene rings is 2. The van der Waals surface area contributed by atoms with E-state index in [9.17, 15) is 19.2 Å². The second-order valence-electron chi connectivity index (χ2n) is 11.0. The van der Waals surface area contributed by atoms with Gasteiger partial charge in [0.05, 0.1) is 98.9 Å². The van der Waals surface area contributed by atoms with E-state index in [2.05, 4.69) is 29.6 Å². The number of carboxylic acid groups (broad SMARTS) is 1. The number of amides is 1. The van der Waals surface area contributed by atoms with Gasteiger partial charge in [0.15, 0.2) is 0 Å². The zero-order valence-electron chi connectivity index (χ0n) is 28.9. The molecule has 2 N–H and O–H groups in total. The molecule has 1 amide bonds. The lowest BCUT2D eigenvalue weighted by atomic mass is 9.98. The number of hydrogen-bond donors (Lipinski definition) is 2. The zero-order chi connectivity index (χ0) is 36.4. The van der Waals surface area contributed by atoms with Crippen molar-refractivity contribution in [2.45, 2.75) is 18.8 Å². The fourth-order valence-electron chi connectivity index (χ4n) is 4.91. The number of carboxylic acids is 1. The molecule has 1 aliphatic carbocycles. The minimum atomic E-state index is -1.57. The van der Waals surface area contributed by atoms with E-state index in [0.717, 1.165) is 0 Å². The Balaban J connectivity index is 0.988. The van der Waals surface area contributed by atoms with E-state index in [1.807, 2.05) is 24.3 Å². The molecule has 0 bridgehead atoms. The highest BCUT2D eigenvalue weighted by Crippen LogP contribution is 2.44. The molecule has 0 aliphatic heterocycles. The molecule has 1 aliphatic rings. The minimum Gasteiger partial charge on any atom is -0.476 e. The van der Waals surface area contributed by atoms with Crippen molar-refractivity contribution < 1.29 is 66.9 Å². The lowest BCUT2D eigenvalue weighted by Crippen LogP contribution is -2.29. The number of aliphatic carboxylic acids is 1. The van der Waals surface area contributed by atoms with Gasteiger partial charge in [0.25, 0.3) is 0 Å². The Kier molecular flexibility index (Phi) is 21.1. The standard InChI is InChI=1S/C36H49NO14/c38-33(35(40)41)9-10-34(39)50-26-25-49-24-23-48-22-21-47-20-19-46-18-17-45-16-15-44-14-13-43-12-11-37-36(42)51-27-32-30-7-3-1-5-28(30)29-6-2-4-8-31(29)32/h1-8,32H,9-27H2,(H,37,42)(H,40,41). The average molecular weight is 720 g/mol. The van der Waals surface area contributed by atoms with Crippen LogP contribution in [0.4, 0.5) is 4.79 Å². The third-order valence-electron chi connectivity index (χ3n) is 7.38. The number of carbonyl (C=O) groups excluding carboxylic acids is 3. The number of carbonyl (C=O) groups is 4. The highest BCUT2D eigenvalue weighted by molar-refractivity contribution is 6.32. The van der Waals surface area contributed by atoms with Crippen molar-refractivity contribution in [3.63, 3.8) is 0 Å². The molecule has 0 saturated heterocycles. The Morgan fingerprint density at radius 1 is 0.529 bits per heavy atom. The fourth-order valence-corrected chi connectivity index (χ4v) is 4.91. The van der Waals surface area contributed by atoms with Crippen LogP contribution in [-0.4, -0.2) is 141 Å². The SMILES string of the molecule is O=C(CCC(=O)C(=O)O)OCCOCCOCCOCCOCCOCCOCCOCCNC(=O)OCC1c2ccccc2-c2ccccc21. The number of esters is 1. The number of rotatable bonds is 30. The van der Waals surface area contributed by atoms with Crippen molar-refractivity contribution in [3.05, 3.63) is 59.7 Å². The summed E-state index contributed by atoms with van der Waals surface area (Å²) in [5, 5.41) is 11.2. The van der Waals surface area contributed by atoms with Crippen LogP contribution in [0.5, 0.6) is 0 Å². The summed E-state index contributed by atoms with van der Waals surface area (Å²) in [5.41, 5.74) is 4.72. The molecule has 0 atom stereocenters. The van der Waals surface area contributed by atoms with Crippen LogP contribution >= 0.6 is 0 Å².